The highest BCUT2D eigenvalue weighted by Crippen LogP contribution is 2.35. The molecule has 0 unspecified atom stereocenters. The number of benzene rings is 2. The van der Waals surface area contributed by atoms with E-state index in [1.807, 2.05) is 34.1 Å². The molecular formula is C26H33N3O3S. The van der Waals surface area contributed by atoms with Crippen molar-refractivity contribution in [2.75, 3.05) is 37.3 Å². The molecule has 3 amide bonds. The summed E-state index contributed by atoms with van der Waals surface area (Å²) in [7, 11) is 0. The van der Waals surface area contributed by atoms with E-state index in [1.165, 1.54) is 10.5 Å². The van der Waals surface area contributed by atoms with Crippen molar-refractivity contribution < 1.29 is 14.3 Å². The van der Waals surface area contributed by atoms with E-state index in [0.29, 0.717) is 39.0 Å². The Balaban J connectivity index is 1.26. The molecule has 0 aliphatic carbocycles. The summed E-state index contributed by atoms with van der Waals surface area (Å²) in [6.45, 7) is 4.47. The van der Waals surface area contributed by atoms with E-state index in [2.05, 4.69) is 42.8 Å². The second kappa shape index (κ2) is 11.0. The van der Waals surface area contributed by atoms with Crippen molar-refractivity contribution in [3.05, 3.63) is 54.1 Å². The first-order valence-electron chi connectivity index (χ1n) is 11.8. The predicted octanol–water partition coefficient (Wildman–Crippen LogP) is 4.58. The van der Waals surface area contributed by atoms with Crippen molar-refractivity contribution in [1.82, 2.24) is 10.2 Å². The van der Waals surface area contributed by atoms with Crippen LogP contribution in [0.2, 0.25) is 0 Å². The van der Waals surface area contributed by atoms with Crippen molar-refractivity contribution in [3.8, 4) is 5.75 Å². The molecule has 1 N–H and O–H groups in total. The molecular weight excluding hydrogens is 434 g/mol. The monoisotopic (exact) mass is 467 g/mol. The average Bonchev–Trinajstić information content (AvgIpc) is 2.88. The minimum Gasteiger partial charge on any atom is -0.486 e. The number of hydrogen-bond acceptors (Lipinski definition) is 4. The van der Waals surface area contributed by atoms with Crippen LogP contribution in [0.15, 0.2) is 53.4 Å². The van der Waals surface area contributed by atoms with Gasteiger partial charge in [0, 0.05) is 30.4 Å². The zero-order chi connectivity index (χ0) is 23.2. The molecule has 2 heterocycles. The standard InChI is InChI=1S/C26H33N3O3S/c1-3-21-18-29(23-6-4-5-7-24(23)32-21)26(31)28-16-13-20(14-17-28)25(30)27-15-12-19-8-10-22(33-2)11-9-19/h4-11,20-21H,3,12-18H2,1-2H3,(H,27,30)/t21-/m0/s1. The Hall–Kier alpha value is -2.67. The highest BCUT2D eigenvalue weighted by Gasteiger charge is 2.34. The van der Waals surface area contributed by atoms with E-state index >= 15 is 0 Å². The van der Waals surface area contributed by atoms with Crippen LogP contribution in [0.1, 0.15) is 31.7 Å². The third-order valence-electron chi connectivity index (χ3n) is 6.53. The number of para-hydroxylation sites is 2. The SMILES string of the molecule is CC[C@H]1CN(C(=O)N2CCC(C(=O)NCCc3ccc(SC)cc3)CC2)c2ccccc2O1. The molecule has 2 aliphatic heterocycles. The molecule has 176 valence electrons. The first-order valence-corrected chi connectivity index (χ1v) is 13.0. The summed E-state index contributed by atoms with van der Waals surface area (Å²) < 4.78 is 6.01. The fourth-order valence-corrected chi connectivity index (χ4v) is 4.87. The quantitative estimate of drug-likeness (QED) is 0.632. The van der Waals surface area contributed by atoms with E-state index in [4.69, 9.17) is 4.74 Å². The first-order chi connectivity index (χ1) is 16.1. The van der Waals surface area contributed by atoms with Crippen LogP contribution >= 0.6 is 11.8 Å². The Morgan fingerprint density at radius 1 is 1.09 bits per heavy atom. The van der Waals surface area contributed by atoms with E-state index in [-0.39, 0.29) is 24.0 Å². The number of ether oxygens (including phenoxy) is 1. The van der Waals surface area contributed by atoms with Crippen LogP contribution in [-0.4, -0.2) is 55.4 Å². The molecule has 1 atom stereocenters. The van der Waals surface area contributed by atoms with Crippen molar-refractivity contribution in [2.24, 2.45) is 5.92 Å². The lowest BCUT2D eigenvalue weighted by atomic mass is 9.96. The summed E-state index contributed by atoms with van der Waals surface area (Å²) in [4.78, 5) is 31.0. The molecule has 2 aliphatic rings. The number of fused-ring (bicyclic) bond motifs is 1. The van der Waals surface area contributed by atoms with Gasteiger partial charge in [0.1, 0.15) is 11.9 Å². The van der Waals surface area contributed by atoms with Crippen molar-refractivity contribution in [2.45, 2.75) is 43.6 Å². The minimum atomic E-state index is -0.0340. The fraction of sp³-hybridized carbons (Fsp3) is 0.462. The Labute approximate surface area is 200 Å². The summed E-state index contributed by atoms with van der Waals surface area (Å²) in [6.07, 6.45) is 5.14. The van der Waals surface area contributed by atoms with E-state index < -0.39 is 0 Å². The van der Waals surface area contributed by atoms with Crippen molar-refractivity contribution in [1.29, 1.82) is 0 Å². The lowest BCUT2D eigenvalue weighted by molar-refractivity contribution is -0.126. The summed E-state index contributed by atoms with van der Waals surface area (Å²) in [5.41, 5.74) is 2.06. The zero-order valence-corrected chi connectivity index (χ0v) is 20.3. The molecule has 0 aromatic heterocycles. The van der Waals surface area contributed by atoms with Gasteiger partial charge in [-0.05, 0) is 61.8 Å². The third-order valence-corrected chi connectivity index (χ3v) is 7.27. The number of urea groups is 1. The van der Waals surface area contributed by atoms with E-state index in [1.54, 1.807) is 11.8 Å². The van der Waals surface area contributed by atoms with Gasteiger partial charge in [-0.25, -0.2) is 4.79 Å². The van der Waals surface area contributed by atoms with E-state index in [0.717, 1.165) is 24.3 Å². The van der Waals surface area contributed by atoms with Gasteiger partial charge >= 0.3 is 6.03 Å². The molecule has 1 fully saturated rings. The van der Waals surface area contributed by atoms with Gasteiger partial charge in [-0.1, -0.05) is 31.2 Å². The molecule has 2 aromatic rings. The maximum Gasteiger partial charge on any atom is 0.324 e. The summed E-state index contributed by atoms with van der Waals surface area (Å²) in [5.74, 6) is 0.834. The van der Waals surface area contributed by atoms with Gasteiger partial charge in [-0.15, -0.1) is 11.8 Å². The lowest BCUT2D eigenvalue weighted by Gasteiger charge is -2.39. The first kappa shape index (κ1) is 23.5. The number of anilines is 1. The van der Waals surface area contributed by atoms with Crippen LogP contribution in [0.5, 0.6) is 5.75 Å². The number of nitrogens with zero attached hydrogens (tertiary/aromatic N) is 2. The molecule has 2 aromatic carbocycles. The number of likely N-dealkylation sites (tertiary alicyclic amines) is 1. The zero-order valence-electron chi connectivity index (χ0n) is 19.5. The largest absolute Gasteiger partial charge is 0.486 e. The Morgan fingerprint density at radius 3 is 2.52 bits per heavy atom. The number of piperidine rings is 1. The van der Waals surface area contributed by atoms with Gasteiger partial charge in [0.15, 0.2) is 0 Å². The average molecular weight is 468 g/mol. The van der Waals surface area contributed by atoms with Gasteiger partial charge in [0.25, 0.3) is 0 Å². The van der Waals surface area contributed by atoms with Crippen LogP contribution < -0.4 is 15.0 Å². The Bertz CT molecular complexity index is 958. The number of amides is 3. The van der Waals surface area contributed by atoms with Gasteiger partial charge in [0.05, 0.1) is 12.2 Å². The number of hydrogen-bond donors (Lipinski definition) is 1. The van der Waals surface area contributed by atoms with Crippen LogP contribution in [-0.2, 0) is 11.2 Å². The number of rotatable bonds is 6. The molecule has 1 saturated heterocycles. The van der Waals surface area contributed by atoms with Crippen LogP contribution in [0.25, 0.3) is 0 Å². The van der Waals surface area contributed by atoms with Gasteiger partial charge < -0.3 is 15.0 Å². The summed E-state index contributed by atoms with van der Waals surface area (Å²) in [5, 5.41) is 3.09. The van der Waals surface area contributed by atoms with Crippen molar-refractivity contribution in [3.63, 3.8) is 0 Å². The molecule has 7 heteroatoms. The normalized spacial score (nSPS) is 18.4. The topological polar surface area (TPSA) is 61.9 Å². The Kier molecular flexibility index (Phi) is 7.81. The maximum absolute atomic E-state index is 13.3. The molecule has 0 spiro atoms. The smallest absolute Gasteiger partial charge is 0.324 e. The minimum absolute atomic E-state index is 0.00379. The Morgan fingerprint density at radius 2 is 1.82 bits per heavy atom. The van der Waals surface area contributed by atoms with Crippen LogP contribution in [0.4, 0.5) is 10.5 Å². The molecule has 0 bridgehead atoms. The highest BCUT2D eigenvalue weighted by molar-refractivity contribution is 7.98. The summed E-state index contributed by atoms with van der Waals surface area (Å²) in [6, 6.07) is 16.2. The maximum atomic E-state index is 13.3. The van der Waals surface area contributed by atoms with Crippen molar-refractivity contribution >= 4 is 29.4 Å². The van der Waals surface area contributed by atoms with Gasteiger partial charge in [-0.2, -0.15) is 0 Å². The molecule has 0 saturated carbocycles. The van der Waals surface area contributed by atoms with Gasteiger partial charge in [0.2, 0.25) is 5.91 Å². The number of nitrogens with one attached hydrogen (secondary N) is 1. The number of thioether (sulfide) groups is 1. The lowest BCUT2D eigenvalue weighted by Crippen LogP contribution is -2.52. The third kappa shape index (κ3) is 5.64. The van der Waals surface area contributed by atoms with E-state index in [9.17, 15) is 9.59 Å². The second-order valence-corrected chi connectivity index (χ2v) is 9.54. The molecule has 6 nitrogen and oxygen atoms in total. The molecule has 4 rings (SSSR count). The fourth-order valence-electron chi connectivity index (χ4n) is 4.46. The number of carbonyl (C=O) groups is 2. The highest BCUT2D eigenvalue weighted by atomic mass is 32.2. The van der Waals surface area contributed by atoms with Gasteiger partial charge in [-0.3, -0.25) is 9.69 Å². The van der Waals surface area contributed by atoms with Crippen LogP contribution in [0.3, 0.4) is 0 Å². The number of carbonyl (C=O) groups excluding carboxylic acids is 2. The molecule has 0 radical (unpaired) electrons. The second-order valence-electron chi connectivity index (χ2n) is 8.66. The van der Waals surface area contributed by atoms with Crippen LogP contribution in [0, 0.1) is 5.92 Å². The predicted molar refractivity (Wildman–Crippen MR) is 133 cm³/mol. The summed E-state index contributed by atoms with van der Waals surface area (Å²) >= 11 is 1.73. The molecule has 33 heavy (non-hydrogen) atoms.